The summed E-state index contributed by atoms with van der Waals surface area (Å²) in [6.07, 6.45) is 4.62. The quantitative estimate of drug-likeness (QED) is 0.835. The van der Waals surface area contributed by atoms with Gasteiger partial charge in [-0.15, -0.1) is 0 Å². The van der Waals surface area contributed by atoms with Crippen molar-refractivity contribution in [3.63, 3.8) is 0 Å². The van der Waals surface area contributed by atoms with Gasteiger partial charge in [-0.25, -0.2) is 0 Å². The van der Waals surface area contributed by atoms with Crippen molar-refractivity contribution >= 4 is 22.7 Å². The second-order valence-corrected chi connectivity index (χ2v) is 8.52. The van der Waals surface area contributed by atoms with E-state index in [0.29, 0.717) is 19.4 Å². The Kier molecular flexibility index (Phi) is 5.35. The lowest BCUT2D eigenvalue weighted by Gasteiger charge is -2.26. The van der Waals surface area contributed by atoms with E-state index in [1.165, 1.54) is 10.9 Å². The lowest BCUT2D eigenvalue weighted by molar-refractivity contribution is -0.128. The van der Waals surface area contributed by atoms with Gasteiger partial charge in [-0.05, 0) is 29.9 Å². The third kappa shape index (κ3) is 4.65. The van der Waals surface area contributed by atoms with Crippen molar-refractivity contribution in [3.8, 4) is 0 Å². The highest BCUT2D eigenvalue weighted by Gasteiger charge is 2.32. The summed E-state index contributed by atoms with van der Waals surface area (Å²) in [5, 5.41) is 4.26. The highest BCUT2D eigenvalue weighted by Crippen LogP contribution is 2.21. The van der Waals surface area contributed by atoms with Crippen LogP contribution in [0.2, 0.25) is 0 Å². The Bertz CT molecular complexity index is 788. The van der Waals surface area contributed by atoms with Gasteiger partial charge >= 0.3 is 0 Å². The Morgan fingerprint density at radius 1 is 1.31 bits per heavy atom. The second kappa shape index (κ2) is 7.52. The summed E-state index contributed by atoms with van der Waals surface area (Å²) >= 11 is 0. The van der Waals surface area contributed by atoms with Crippen molar-refractivity contribution in [3.05, 3.63) is 36.0 Å². The number of carbonyl (C=O) groups is 2. The van der Waals surface area contributed by atoms with Gasteiger partial charge in [0.15, 0.2) is 0 Å². The van der Waals surface area contributed by atoms with Crippen molar-refractivity contribution < 1.29 is 9.59 Å². The molecule has 0 bridgehead atoms. The summed E-state index contributed by atoms with van der Waals surface area (Å²) in [5.41, 5.74) is 2.46. The van der Waals surface area contributed by atoms with E-state index in [9.17, 15) is 9.59 Å². The van der Waals surface area contributed by atoms with Gasteiger partial charge in [0.2, 0.25) is 11.8 Å². The van der Waals surface area contributed by atoms with Crippen molar-refractivity contribution in [2.75, 3.05) is 13.1 Å². The molecule has 5 nitrogen and oxygen atoms in total. The maximum Gasteiger partial charge on any atom is 0.224 e. The maximum absolute atomic E-state index is 12.2. The molecule has 3 rings (SSSR count). The zero-order valence-electron chi connectivity index (χ0n) is 16.0. The SMILES string of the molecule is CC(C)(C)CN1CC(NC(=O)CCCc2c[nH]c3ccccc23)CC1=O. The predicted molar refractivity (Wildman–Crippen MR) is 104 cm³/mol. The second-order valence-electron chi connectivity index (χ2n) is 8.52. The number of likely N-dealkylation sites (tertiary alicyclic amines) is 1. The fourth-order valence-electron chi connectivity index (χ4n) is 3.67. The molecule has 0 aliphatic carbocycles. The van der Waals surface area contributed by atoms with Gasteiger partial charge in [-0.3, -0.25) is 9.59 Å². The van der Waals surface area contributed by atoms with Gasteiger partial charge in [0.05, 0.1) is 6.04 Å². The van der Waals surface area contributed by atoms with Crippen LogP contribution in [-0.2, 0) is 16.0 Å². The van der Waals surface area contributed by atoms with Crippen LogP contribution in [0, 0.1) is 5.41 Å². The number of benzene rings is 1. The zero-order valence-corrected chi connectivity index (χ0v) is 16.0. The number of para-hydroxylation sites is 1. The van der Waals surface area contributed by atoms with Crippen molar-refractivity contribution in [1.29, 1.82) is 0 Å². The van der Waals surface area contributed by atoms with Gasteiger partial charge in [0.1, 0.15) is 0 Å². The van der Waals surface area contributed by atoms with E-state index >= 15 is 0 Å². The van der Waals surface area contributed by atoms with E-state index in [4.69, 9.17) is 0 Å². The summed E-state index contributed by atoms with van der Waals surface area (Å²) in [6, 6.07) is 8.17. The average Bonchev–Trinajstić information content (AvgIpc) is 3.10. The maximum atomic E-state index is 12.2. The predicted octanol–water partition coefficient (Wildman–Crippen LogP) is 3.25. The highest BCUT2D eigenvalue weighted by atomic mass is 16.2. The fourth-order valence-corrected chi connectivity index (χ4v) is 3.67. The lowest BCUT2D eigenvalue weighted by atomic mass is 9.96. The summed E-state index contributed by atoms with van der Waals surface area (Å²) < 4.78 is 0. The van der Waals surface area contributed by atoms with E-state index in [0.717, 1.165) is 24.9 Å². The molecule has 2 heterocycles. The zero-order chi connectivity index (χ0) is 18.7. The first-order valence-corrected chi connectivity index (χ1v) is 9.44. The standard InChI is InChI=1S/C21H29N3O2/c1-21(2,3)14-24-13-16(11-20(24)26)23-19(25)10-6-7-15-12-22-18-9-5-4-8-17(15)18/h4-5,8-9,12,16,22H,6-7,10-11,13-14H2,1-3H3,(H,23,25). The first-order valence-electron chi connectivity index (χ1n) is 9.44. The normalized spacial score (nSPS) is 17.9. The molecule has 1 atom stereocenters. The van der Waals surface area contributed by atoms with Crippen LogP contribution in [0.25, 0.3) is 10.9 Å². The minimum Gasteiger partial charge on any atom is -0.361 e. The molecule has 0 spiro atoms. The van der Waals surface area contributed by atoms with Gasteiger partial charge in [-0.1, -0.05) is 39.0 Å². The molecule has 0 radical (unpaired) electrons. The molecular weight excluding hydrogens is 326 g/mol. The van der Waals surface area contributed by atoms with E-state index in [1.54, 1.807) is 0 Å². The Balaban J connectivity index is 1.44. The van der Waals surface area contributed by atoms with Gasteiger partial charge in [-0.2, -0.15) is 0 Å². The van der Waals surface area contributed by atoms with Crippen LogP contribution in [0.3, 0.4) is 0 Å². The molecule has 2 amide bonds. The number of hydrogen-bond donors (Lipinski definition) is 2. The summed E-state index contributed by atoms with van der Waals surface area (Å²) in [5.74, 6) is 0.185. The number of aromatic amines is 1. The smallest absolute Gasteiger partial charge is 0.224 e. The Labute approximate surface area is 155 Å². The number of fused-ring (bicyclic) bond motifs is 1. The number of rotatable bonds is 6. The molecule has 1 aliphatic heterocycles. The van der Waals surface area contributed by atoms with Gasteiger partial charge in [0.25, 0.3) is 0 Å². The van der Waals surface area contributed by atoms with E-state index in [2.05, 4.69) is 43.2 Å². The third-order valence-electron chi connectivity index (χ3n) is 4.77. The Morgan fingerprint density at radius 2 is 2.08 bits per heavy atom. The molecule has 1 fully saturated rings. The molecule has 26 heavy (non-hydrogen) atoms. The van der Waals surface area contributed by atoms with Crippen LogP contribution in [-0.4, -0.2) is 40.8 Å². The van der Waals surface area contributed by atoms with Crippen molar-refractivity contribution in [2.45, 2.75) is 52.5 Å². The molecular formula is C21H29N3O2. The number of aryl methyl sites for hydroxylation is 1. The van der Waals surface area contributed by atoms with Crippen LogP contribution in [0.1, 0.15) is 45.6 Å². The van der Waals surface area contributed by atoms with E-state index in [1.807, 2.05) is 23.2 Å². The largest absolute Gasteiger partial charge is 0.361 e. The van der Waals surface area contributed by atoms with Crippen LogP contribution in [0.15, 0.2) is 30.5 Å². The summed E-state index contributed by atoms with van der Waals surface area (Å²) in [4.78, 5) is 29.5. The van der Waals surface area contributed by atoms with Crippen LogP contribution in [0.5, 0.6) is 0 Å². The molecule has 1 aliphatic rings. The minimum atomic E-state index is -0.0505. The van der Waals surface area contributed by atoms with Crippen LogP contribution in [0.4, 0.5) is 0 Å². The number of hydrogen-bond acceptors (Lipinski definition) is 2. The molecule has 2 aromatic rings. The number of amides is 2. The monoisotopic (exact) mass is 355 g/mol. The molecule has 0 saturated carbocycles. The van der Waals surface area contributed by atoms with Gasteiger partial charge in [0, 0.05) is 43.0 Å². The third-order valence-corrected chi connectivity index (χ3v) is 4.77. The number of nitrogens with one attached hydrogen (secondary N) is 2. The van der Waals surface area contributed by atoms with Crippen molar-refractivity contribution in [1.82, 2.24) is 15.2 Å². The first kappa shape index (κ1) is 18.5. The minimum absolute atomic E-state index is 0.0419. The molecule has 2 N–H and O–H groups in total. The average molecular weight is 355 g/mol. The summed E-state index contributed by atoms with van der Waals surface area (Å²) in [7, 11) is 0. The van der Waals surface area contributed by atoms with E-state index in [-0.39, 0.29) is 23.3 Å². The molecule has 1 unspecified atom stereocenters. The fraction of sp³-hybridized carbons (Fsp3) is 0.524. The van der Waals surface area contributed by atoms with Crippen molar-refractivity contribution in [2.24, 2.45) is 5.41 Å². The Morgan fingerprint density at radius 3 is 2.85 bits per heavy atom. The number of nitrogens with zero attached hydrogens (tertiary/aromatic N) is 1. The number of carbonyl (C=O) groups excluding carboxylic acids is 2. The lowest BCUT2D eigenvalue weighted by Crippen LogP contribution is -2.39. The molecule has 140 valence electrons. The highest BCUT2D eigenvalue weighted by molar-refractivity contribution is 5.83. The molecule has 1 aromatic carbocycles. The number of H-pyrrole nitrogens is 1. The Hall–Kier alpha value is -2.30. The van der Waals surface area contributed by atoms with Crippen LogP contribution < -0.4 is 5.32 Å². The van der Waals surface area contributed by atoms with E-state index < -0.39 is 0 Å². The number of aromatic nitrogens is 1. The molecule has 5 heteroatoms. The molecule has 1 saturated heterocycles. The first-order chi connectivity index (χ1) is 12.3. The topological polar surface area (TPSA) is 65.2 Å². The summed E-state index contributed by atoms with van der Waals surface area (Å²) in [6.45, 7) is 7.73. The molecule has 1 aromatic heterocycles. The van der Waals surface area contributed by atoms with Crippen LogP contribution >= 0.6 is 0 Å². The van der Waals surface area contributed by atoms with Gasteiger partial charge < -0.3 is 15.2 Å².